The summed E-state index contributed by atoms with van der Waals surface area (Å²) in [5.41, 5.74) is 0.294. The molecular formula is C19H12Cl2F2N4O2. The molecule has 1 atom stereocenters. The second-order valence-corrected chi connectivity index (χ2v) is 7.03. The summed E-state index contributed by atoms with van der Waals surface area (Å²) in [5, 5.41) is 14.0. The van der Waals surface area contributed by atoms with Crippen molar-refractivity contribution in [1.29, 1.82) is 0 Å². The number of alkyl halides is 2. The molecule has 4 aromatic rings. The van der Waals surface area contributed by atoms with Crippen LogP contribution in [0, 0.1) is 0 Å². The normalized spacial score (nSPS) is 12.6. The van der Waals surface area contributed by atoms with Crippen LogP contribution >= 0.6 is 23.2 Å². The van der Waals surface area contributed by atoms with Gasteiger partial charge in [0.25, 0.3) is 12.0 Å². The summed E-state index contributed by atoms with van der Waals surface area (Å²) < 4.78 is 25.6. The Morgan fingerprint density at radius 2 is 1.86 bits per heavy atom. The van der Waals surface area contributed by atoms with Crippen LogP contribution in [0.25, 0.3) is 21.7 Å². The molecule has 0 fully saturated rings. The van der Waals surface area contributed by atoms with Gasteiger partial charge in [0.1, 0.15) is 11.9 Å². The Bertz CT molecular complexity index is 1270. The second kappa shape index (κ2) is 7.55. The third-order valence-electron chi connectivity index (χ3n) is 4.40. The number of aromatic nitrogens is 3. The first kappa shape index (κ1) is 19.5. The number of nitrogens with zero attached hydrogens (tertiary/aromatic N) is 2. The monoisotopic (exact) mass is 436 g/mol. The Morgan fingerprint density at radius 3 is 2.55 bits per heavy atom. The predicted molar refractivity (Wildman–Crippen MR) is 108 cm³/mol. The van der Waals surface area contributed by atoms with Crippen LogP contribution in [0.3, 0.4) is 0 Å². The minimum Gasteiger partial charge on any atom is -0.382 e. The number of nitrogens with one attached hydrogen (secondary N) is 2. The summed E-state index contributed by atoms with van der Waals surface area (Å²) in [4.78, 5) is 23.6. The van der Waals surface area contributed by atoms with Gasteiger partial charge in [-0.3, -0.25) is 9.78 Å². The van der Waals surface area contributed by atoms with E-state index in [9.17, 15) is 18.7 Å². The fourth-order valence-corrected chi connectivity index (χ4v) is 3.64. The molecule has 0 unspecified atom stereocenters. The maximum atomic E-state index is 12.8. The molecule has 3 heterocycles. The van der Waals surface area contributed by atoms with Gasteiger partial charge in [0, 0.05) is 29.4 Å². The van der Waals surface area contributed by atoms with Gasteiger partial charge in [-0.15, -0.1) is 0 Å². The van der Waals surface area contributed by atoms with Crippen molar-refractivity contribution in [3.8, 4) is 0 Å². The van der Waals surface area contributed by atoms with Crippen LogP contribution in [-0.4, -0.2) is 26.5 Å². The molecule has 1 aromatic carbocycles. The molecule has 0 radical (unpaired) electrons. The van der Waals surface area contributed by atoms with E-state index in [0.717, 1.165) is 0 Å². The number of halogens is 4. The van der Waals surface area contributed by atoms with Crippen molar-refractivity contribution in [3.05, 3.63) is 68.8 Å². The molecule has 4 rings (SSSR count). The van der Waals surface area contributed by atoms with Gasteiger partial charge in [-0.1, -0.05) is 23.2 Å². The Hall–Kier alpha value is -2.81. The van der Waals surface area contributed by atoms with Crippen molar-refractivity contribution in [1.82, 2.24) is 15.0 Å². The number of rotatable bonds is 4. The second-order valence-electron chi connectivity index (χ2n) is 6.21. The van der Waals surface area contributed by atoms with Gasteiger partial charge < -0.3 is 15.4 Å². The summed E-state index contributed by atoms with van der Waals surface area (Å²) >= 11 is 12.5. The zero-order valence-corrected chi connectivity index (χ0v) is 16.0. The van der Waals surface area contributed by atoms with Crippen LogP contribution in [0.15, 0.2) is 47.7 Å². The third-order valence-corrected chi connectivity index (χ3v) is 5.00. The van der Waals surface area contributed by atoms with Crippen LogP contribution in [0.2, 0.25) is 10.0 Å². The lowest BCUT2D eigenvalue weighted by Gasteiger charge is -2.16. The molecule has 0 saturated carbocycles. The minimum absolute atomic E-state index is 0.0156. The van der Waals surface area contributed by atoms with Gasteiger partial charge in [0.15, 0.2) is 0 Å². The highest BCUT2D eigenvalue weighted by Crippen LogP contribution is 2.38. The van der Waals surface area contributed by atoms with Gasteiger partial charge >= 0.3 is 0 Å². The summed E-state index contributed by atoms with van der Waals surface area (Å²) in [6.07, 6.45) is -0.422. The molecule has 3 aromatic heterocycles. The van der Waals surface area contributed by atoms with Crippen molar-refractivity contribution in [2.45, 2.75) is 12.5 Å². The van der Waals surface area contributed by atoms with E-state index < -0.39 is 12.5 Å². The zero-order valence-electron chi connectivity index (χ0n) is 14.5. The fraction of sp³-hybridized carbons (Fsp3) is 0.105. The Balaban J connectivity index is 1.89. The number of anilines is 2. The molecule has 0 aliphatic carbocycles. The van der Waals surface area contributed by atoms with E-state index in [2.05, 4.69) is 20.3 Å². The number of aliphatic hydroxyl groups excluding tert-OH is 1. The molecule has 0 aliphatic heterocycles. The van der Waals surface area contributed by atoms with Crippen LogP contribution in [-0.2, 0) is 0 Å². The summed E-state index contributed by atoms with van der Waals surface area (Å²) in [7, 11) is 0. The quantitative estimate of drug-likeness (QED) is 0.399. The van der Waals surface area contributed by atoms with Crippen molar-refractivity contribution in [3.63, 3.8) is 0 Å². The van der Waals surface area contributed by atoms with E-state index in [4.69, 9.17) is 23.2 Å². The van der Waals surface area contributed by atoms with Gasteiger partial charge in [-0.05, 0) is 29.8 Å². The number of pyridine rings is 3. The van der Waals surface area contributed by atoms with Crippen LogP contribution in [0.4, 0.5) is 20.3 Å². The number of aromatic amines is 1. The summed E-state index contributed by atoms with van der Waals surface area (Å²) in [6.45, 7) is 0. The van der Waals surface area contributed by atoms with E-state index in [1.165, 1.54) is 18.3 Å². The minimum atomic E-state index is -2.98. The van der Waals surface area contributed by atoms with E-state index in [1.54, 1.807) is 24.5 Å². The molecule has 0 bridgehead atoms. The molecule has 148 valence electrons. The molecule has 3 N–H and O–H groups in total. The van der Waals surface area contributed by atoms with Crippen molar-refractivity contribution in [2.24, 2.45) is 0 Å². The number of H-pyrrole nitrogens is 1. The molecule has 0 amide bonds. The van der Waals surface area contributed by atoms with E-state index in [0.29, 0.717) is 27.5 Å². The Morgan fingerprint density at radius 1 is 1.14 bits per heavy atom. The molecule has 10 heteroatoms. The number of benzene rings is 1. The number of hydrogen-bond donors (Lipinski definition) is 3. The highest BCUT2D eigenvalue weighted by atomic mass is 35.5. The van der Waals surface area contributed by atoms with Gasteiger partial charge in [0.2, 0.25) is 0 Å². The average molecular weight is 437 g/mol. The summed E-state index contributed by atoms with van der Waals surface area (Å²) in [6, 6.07) is 5.71. The predicted octanol–water partition coefficient (Wildman–Crippen LogP) is 4.82. The Labute approximate surface area is 172 Å². The molecular weight excluding hydrogens is 425 g/mol. The van der Waals surface area contributed by atoms with Crippen LogP contribution in [0.1, 0.15) is 11.7 Å². The molecule has 6 nitrogen and oxygen atoms in total. The first-order valence-electron chi connectivity index (χ1n) is 8.34. The van der Waals surface area contributed by atoms with Crippen molar-refractivity contribution in [2.75, 3.05) is 5.32 Å². The molecule has 0 aliphatic rings. The average Bonchev–Trinajstić information content (AvgIpc) is 2.69. The highest BCUT2D eigenvalue weighted by Gasteiger charge is 2.22. The number of fused-ring (bicyclic) bond motifs is 3. The smallest absolute Gasteiger partial charge is 0.268 e. The number of aliphatic hydroxyl groups is 1. The lowest BCUT2D eigenvalue weighted by molar-refractivity contribution is -0.00576. The standard InChI is InChI=1S/C19H12Cl2F2N4O2/c20-11-5-8(16(28)17(22)23)6-12(21)15(11)27-18-9-1-4-25-19(29)14(9)10-7-24-3-2-13(10)26-18/h1-7,16-17,28H,(H,25,29)(H,26,27)/t16-/m0/s1. The zero-order chi connectivity index (χ0) is 20.7. The first-order valence-corrected chi connectivity index (χ1v) is 9.09. The fourth-order valence-electron chi connectivity index (χ4n) is 3.04. The molecule has 0 saturated heterocycles. The van der Waals surface area contributed by atoms with E-state index in [-0.39, 0.29) is 26.9 Å². The topological polar surface area (TPSA) is 90.9 Å². The third kappa shape index (κ3) is 3.50. The number of hydrogen-bond acceptors (Lipinski definition) is 5. The SMILES string of the molecule is O=c1[nH]ccc2c(Nc3c(Cl)cc([C@H](O)C(F)F)cc3Cl)nc3ccncc3c12. The van der Waals surface area contributed by atoms with Crippen molar-refractivity contribution >= 4 is 56.4 Å². The van der Waals surface area contributed by atoms with E-state index >= 15 is 0 Å². The molecule has 0 spiro atoms. The highest BCUT2D eigenvalue weighted by molar-refractivity contribution is 6.39. The van der Waals surface area contributed by atoms with Crippen molar-refractivity contribution < 1.29 is 13.9 Å². The van der Waals surface area contributed by atoms with Gasteiger partial charge in [-0.2, -0.15) is 0 Å². The van der Waals surface area contributed by atoms with Gasteiger partial charge in [-0.25, -0.2) is 13.8 Å². The maximum Gasteiger partial charge on any atom is 0.268 e. The van der Waals surface area contributed by atoms with Crippen LogP contribution < -0.4 is 10.9 Å². The maximum absolute atomic E-state index is 12.8. The Kier molecular flexibility index (Phi) is 5.08. The lowest BCUT2D eigenvalue weighted by atomic mass is 10.1. The van der Waals surface area contributed by atoms with E-state index in [1.807, 2.05) is 0 Å². The van der Waals surface area contributed by atoms with Crippen LogP contribution in [0.5, 0.6) is 0 Å². The summed E-state index contributed by atoms with van der Waals surface area (Å²) in [5.74, 6) is 0.302. The first-order chi connectivity index (χ1) is 13.9. The largest absolute Gasteiger partial charge is 0.382 e. The lowest BCUT2D eigenvalue weighted by Crippen LogP contribution is -2.09. The van der Waals surface area contributed by atoms with Gasteiger partial charge in [0.05, 0.1) is 26.6 Å². The molecule has 29 heavy (non-hydrogen) atoms.